The van der Waals surface area contributed by atoms with Crippen LogP contribution < -0.4 is 0 Å². The first-order valence-corrected chi connectivity index (χ1v) is 8.19. The number of hydrogen-bond donors (Lipinski definition) is 5. The summed E-state index contributed by atoms with van der Waals surface area (Å²) in [4.78, 5) is 11.0. The highest BCUT2D eigenvalue weighted by atomic mass is 16.7. The highest BCUT2D eigenvalue weighted by Gasteiger charge is 2.43. The van der Waals surface area contributed by atoms with E-state index in [1.54, 1.807) is 0 Å². The highest BCUT2D eigenvalue weighted by molar-refractivity contribution is 5.72. The molecule has 2 aliphatic heterocycles. The molecule has 0 radical (unpaired) electrons. The lowest BCUT2D eigenvalue weighted by molar-refractivity contribution is -0.298. The van der Waals surface area contributed by atoms with Gasteiger partial charge in [0.25, 0.3) is 0 Å². The van der Waals surface area contributed by atoms with Gasteiger partial charge in [0.05, 0.1) is 13.0 Å². The summed E-state index contributed by atoms with van der Waals surface area (Å²) >= 11 is 0. The van der Waals surface area contributed by atoms with Gasteiger partial charge in [0.1, 0.15) is 43.2 Å². The summed E-state index contributed by atoms with van der Waals surface area (Å²) < 4.78 is 15.2. The molecule has 9 heteroatoms. The standard InChI is InChI=1S/C18H20O9/c19-10-13-15(22)16(23)17(24)18(27-13)25-8-6-4-2-1-3-5-7-12-11(20)9-14(21)26-12/h11-13,15-20,22-24H,7-10H2/t11-,12+,13+,15+,16-,17+,18+/m0/s1. The predicted octanol–water partition coefficient (Wildman–Crippen LogP) is -3.12. The zero-order valence-electron chi connectivity index (χ0n) is 14.2. The van der Waals surface area contributed by atoms with Gasteiger partial charge in [0.2, 0.25) is 0 Å². The van der Waals surface area contributed by atoms with E-state index in [0.29, 0.717) is 0 Å². The molecule has 27 heavy (non-hydrogen) atoms. The van der Waals surface area contributed by atoms with Crippen molar-refractivity contribution < 1.29 is 44.5 Å². The van der Waals surface area contributed by atoms with Gasteiger partial charge < -0.3 is 39.7 Å². The topological polar surface area (TPSA) is 146 Å². The third-order valence-corrected chi connectivity index (χ3v) is 3.92. The van der Waals surface area contributed by atoms with Gasteiger partial charge in [-0.05, 0) is 23.7 Å². The van der Waals surface area contributed by atoms with Crippen LogP contribution in [0.2, 0.25) is 0 Å². The molecule has 2 heterocycles. The lowest BCUT2D eigenvalue weighted by Gasteiger charge is -2.39. The maximum Gasteiger partial charge on any atom is 0.308 e. The molecule has 0 saturated carbocycles. The highest BCUT2D eigenvalue weighted by Crippen LogP contribution is 2.21. The first kappa shape index (κ1) is 21.2. The molecule has 2 rings (SSSR count). The van der Waals surface area contributed by atoms with E-state index >= 15 is 0 Å². The Hall–Kier alpha value is -2.13. The molecule has 0 amide bonds. The van der Waals surface area contributed by atoms with Crippen LogP contribution in [0.3, 0.4) is 0 Å². The molecule has 0 aromatic heterocycles. The van der Waals surface area contributed by atoms with E-state index in [1.165, 1.54) is 0 Å². The van der Waals surface area contributed by atoms with E-state index in [4.69, 9.17) is 19.3 Å². The van der Waals surface area contributed by atoms with Gasteiger partial charge in [-0.15, -0.1) is 0 Å². The van der Waals surface area contributed by atoms with E-state index < -0.39 is 55.5 Å². The Bertz CT molecular complexity index is 700. The molecule has 2 fully saturated rings. The molecule has 0 aromatic carbocycles. The van der Waals surface area contributed by atoms with E-state index in [1.807, 2.05) is 0 Å². The number of aliphatic hydroxyl groups is 5. The number of rotatable bonds is 4. The first-order chi connectivity index (χ1) is 12.9. The summed E-state index contributed by atoms with van der Waals surface area (Å²) in [6, 6.07) is 0. The Labute approximate surface area is 155 Å². The second-order valence-corrected chi connectivity index (χ2v) is 5.87. The van der Waals surface area contributed by atoms with Crippen molar-refractivity contribution in [2.24, 2.45) is 0 Å². The van der Waals surface area contributed by atoms with E-state index in [0.717, 1.165) is 0 Å². The van der Waals surface area contributed by atoms with Crippen LogP contribution in [-0.4, -0.2) is 87.6 Å². The minimum absolute atomic E-state index is 0.0298. The molecular formula is C18H20O9. The normalized spacial score (nSPS) is 35.0. The maximum atomic E-state index is 11.0. The summed E-state index contributed by atoms with van der Waals surface area (Å²) in [5, 5.41) is 47.6. The number of cyclic esters (lactones) is 1. The summed E-state index contributed by atoms with van der Waals surface area (Å²) in [6.45, 7) is -0.716. The molecule has 0 unspecified atom stereocenters. The van der Waals surface area contributed by atoms with Crippen LogP contribution >= 0.6 is 0 Å². The molecule has 2 aliphatic rings. The lowest BCUT2D eigenvalue weighted by atomic mass is 9.99. The molecular weight excluding hydrogens is 360 g/mol. The Kier molecular flexibility index (Phi) is 8.05. The van der Waals surface area contributed by atoms with E-state index in [9.17, 15) is 25.2 Å². The van der Waals surface area contributed by atoms with E-state index in [-0.39, 0.29) is 19.4 Å². The fraction of sp³-hybridized carbons (Fsp3) is 0.611. The van der Waals surface area contributed by atoms with Gasteiger partial charge in [0.15, 0.2) is 6.29 Å². The largest absolute Gasteiger partial charge is 0.458 e. The molecule has 146 valence electrons. The van der Waals surface area contributed by atoms with Gasteiger partial charge in [-0.25, -0.2) is 0 Å². The van der Waals surface area contributed by atoms with Crippen molar-refractivity contribution in [3.63, 3.8) is 0 Å². The van der Waals surface area contributed by atoms with Crippen LogP contribution in [0.15, 0.2) is 0 Å². The third kappa shape index (κ3) is 5.93. The third-order valence-electron chi connectivity index (χ3n) is 3.92. The molecule has 5 N–H and O–H groups in total. The van der Waals surface area contributed by atoms with Crippen LogP contribution in [0, 0.1) is 35.5 Å². The van der Waals surface area contributed by atoms with Crippen molar-refractivity contribution in [1.29, 1.82) is 0 Å². The fourth-order valence-electron chi connectivity index (χ4n) is 2.44. The quantitative estimate of drug-likeness (QED) is 0.252. The minimum Gasteiger partial charge on any atom is -0.458 e. The minimum atomic E-state index is -1.51. The van der Waals surface area contributed by atoms with Crippen molar-refractivity contribution in [3.8, 4) is 35.5 Å². The molecule has 0 aliphatic carbocycles. The average Bonchev–Trinajstić information content (AvgIpc) is 2.97. The molecule has 0 aromatic rings. The smallest absolute Gasteiger partial charge is 0.308 e. The second kappa shape index (κ2) is 10.3. The summed E-state index contributed by atoms with van der Waals surface area (Å²) in [6.07, 6.45) is -8.08. The molecule has 9 nitrogen and oxygen atoms in total. The van der Waals surface area contributed by atoms with Crippen molar-refractivity contribution in [3.05, 3.63) is 0 Å². The Morgan fingerprint density at radius 3 is 2.30 bits per heavy atom. The number of carbonyl (C=O) groups is 1. The zero-order chi connectivity index (χ0) is 19.8. The van der Waals surface area contributed by atoms with Crippen LogP contribution in [0.4, 0.5) is 0 Å². The van der Waals surface area contributed by atoms with Crippen molar-refractivity contribution in [2.75, 3.05) is 13.2 Å². The SMILES string of the molecule is O=C1C[C@H](O)[C@@H](CC#CC#CC#CCO[C@@H]2O[C@H](CO)[C@@H](O)[C@H](O)[C@H]2O)O1. The number of aliphatic hydroxyl groups excluding tert-OH is 5. The van der Waals surface area contributed by atoms with Crippen LogP contribution in [0.5, 0.6) is 0 Å². The number of hydrogen-bond acceptors (Lipinski definition) is 9. The Morgan fingerprint density at radius 2 is 1.67 bits per heavy atom. The molecule has 2 saturated heterocycles. The Morgan fingerprint density at radius 1 is 0.963 bits per heavy atom. The van der Waals surface area contributed by atoms with Crippen LogP contribution in [0.25, 0.3) is 0 Å². The predicted molar refractivity (Wildman–Crippen MR) is 88.2 cm³/mol. The number of carbonyl (C=O) groups excluding carboxylic acids is 1. The number of ether oxygens (including phenoxy) is 3. The van der Waals surface area contributed by atoms with Gasteiger partial charge in [0, 0.05) is 6.42 Å². The van der Waals surface area contributed by atoms with Gasteiger partial charge in [-0.2, -0.15) is 0 Å². The van der Waals surface area contributed by atoms with Gasteiger partial charge in [-0.1, -0.05) is 11.8 Å². The lowest BCUT2D eigenvalue weighted by Crippen LogP contribution is -2.59. The van der Waals surface area contributed by atoms with Crippen molar-refractivity contribution in [2.45, 2.75) is 55.8 Å². The van der Waals surface area contributed by atoms with Gasteiger partial charge >= 0.3 is 5.97 Å². The van der Waals surface area contributed by atoms with Crippen LogP contribution in [-0.2, 0) is 19.0 Å². The van der Waals surface area contributed by atoms with Crippen LogP contribution in [0.1, 0.15) is 12.8 Å². The first-order valence-electron chi connectivity index (χ1n) is 8.19. The summed E-state index contributed by atoms with van der Waals surface area (Å²) in [7, 11) is 0. The maximum absolute atomic E-state index is 11.0. The molecule has 0 spiro atoms. The number of esters is 1. The van der Waals surface area contributed by atoms with Gasteiger partial charge in [-0.3, -0.25) is 4.79 Å². The summed E-state index contributed by atoms with van der Waals surface area (Å²) in [5.41, 5.74) is 0. The molecule has 0 bridgehead atoms. The molecule has 7 atom stereocenters. The average molecular weight is 380 g/mol. The zero-order valence-corrected chi connectivity index (χ0v) is 14.2. The monoisotopic (exact) mass is 380 g/mol. The Balaban J connectivity index is 1.73. The van der Waals surface area contributed by atoms with Crippen molar-refractivity contribution >= 4 is 5.97 Å². The van der Waals surface area contributed by atoms with E-state index in [2.05, 4.69) is 35.5 Å². The van der Waals surface area contributed by atoms with Crippen molar-refractivity contribution in [1.82, 2.24) is 0 Å². The fourth-order valence-corrected chi connectivity index (χ4v) is 2.44. The second-order valence-electron chi connectivity index (χ2n) is 5.87. The summed E-state index contributed by atoms with van der Waals surface area (Å²) in [5.74, 6) is 14.6.